The van der Waals surface area contributed by atoms with Crippen LogP contribution in [-0.4, -0.2) is 11.0 Å². The molecule has 0 spiro atoms. The number of hydrogen-bond donors (Lipinski definition) is 1. The third kappa shape index (κ3) is 1.70. The number of carbonyl (C=O) groups excluding carboxylic acids is 1. The van der Waals surface area contributed by atoms with Crippen molar-refractivity contribution < 1.29 is 9.21 Å². The van der Waals surface area contributed by atoms with E-state index in [1.165, 1.54) is 6.20 Å². The minimum Gasteiger partial charge on any atom is -0.412 e. The van der Waals surface area contributed by atoms with Gasteiger partial charge in [-0.1, -0.05) is 0 Å². The van der Waals surface area contributed by atoms with Crippen LogP contribution in [0.25, 0.3) is 0 Å². The zero-order valence-corrected chi connectivity index (χ0v) is 5.82. The molecule has 5 heteroatoms. The molecule has 0 unspecified atom stereocenters. The molecule has 1 aromatic heterocycles. The monoisotopic (exact) mass is 156 g/mol. The third-order valence-corrected chi connectivity index (χ3v) is 1.22. The van der Waals surface area contributed by atoms with E-state index < -0.39 is 5.76 Å². The Bertz CT molecular complexity index is 299. The van der Waals surface area contributed by atoms with Gasteiger partial charge in [-0.2, -0.15) is 4.68 Å². The second-order valence-electron chi connectivity index (χ2n) is 2.08. The Morgan fingerprint density at radius 3 is 2.91 bits per heavy atom. The molecule has 0 atom stereocenters. The highest BCUT2D eigenvalue weighted by Crippen LogP contribution is 1.96. The zero-order valence-electron chi connectivity index (χ0n) is 5.82. The van der Waals surface area contributed by atoms with Crippen LogP contribution in [-0.2, 0) is 11.2 Å². The first-order valence-corrected chi connectivity index (χ1v) is 3.14. The average molecular weight is 156 g/mol. The molecule has 0 aromatic carbocycles. The summed E-state index contributed by atoms with van der Waals surface area (Å²) in [7, 11) is 0. The summed E-state index contributed by atoms with van der Waals surface area (Å²) in [4.78, 5) is 20.5. The Morgan fingerprint density at radius 1 is 1.73 bits per heavy atom. The highest BCUT2D eigenvalue weighted by Gasteiger charge is 2.01. The Labute approximate surface area is 62.4 Å². The molecule has 0 fully saturated rings. The smallest absolute Gasteiger partial charge is 0.412 e. The molecule has 0 saturated heterocycles. The number of aryl methyl sites for hydroxylation is 1. The maximum Gasteiger partial charge on any atom is 0.437 e. The van der Waals surface area contributed by atoms with E-state index in [4.69, 9.17) is 5.84 Å². The Balaban J connectivity index is 2.72. The van der Waals surface area contributed by atoms with Gasteiger partial charge in [-0.15, -0.1) is 0 Å². The minimum atomic E-state index is -0.606. The minimum absolute atomic E-state index is 0.340. The molecule has 5 nitrogen and oxygen atoms in total. The highest BCUT2D eigenvalue weighted by atomic mass is 16.4. The summed E-state index contributed by atoms with van der Waals surface area (Å²) in [5.41, 5.74) is 0. The van der Waals surface area contributed by atoms with Crippen LogP contribution in [0.1, 0.15) is 12.2 Å². The van der Waals surface area contributed by atoms with Gasteiger partial charge in [0.15, 0.2) is 0 Å². The third-order valence-electron chi connectivity index (χ3n) is 1.22. The molecule has 2 N–H and O–H groups in total. The normalized spacial score (nSPS) is 9.82. The van der Waals surface area contributed by atoms with Gasteiger partial charge in [0.2, 0.25) is 0 Å². The van der Waals surface area contributed by atoms with E-state index in [1.54, 1.807) is 0 Å². The lowest BCUT2D eigenvalue weighted by Crippen LogP contribution is -2.20. The van der Waals surface area contributed by atoms with Gasteiger partial charge in [-0.25, -0.2) is 4.79 Å². The van der Waals surface area contributed by atoms with Crippen molar-refractivity contribution in [2.75, 3.05) is 5.84 Å². The fourth-order valence-electron chi connectivity index (χ4n) is 0.716. The van der Waals surface area contributed by atoms with Crippen molar-refractivity contribution in [2.24, 2.45) is 0 Å². The number of carbonyl (C=O) groups is 1. The highest BCUT2D eigenvalue weighted by molar-refractivity contribution is 5.49. The van der Waals surface area contributed by atoms with Crippen LogP contribution >= 0.6 is 0 Å². The maximum atomic E-state index is 10.6. The van der Waals surface area contributed by atoms with Crippen molar-refractivity contribution in [3.8, 4) is 0 Å². The quantitative estimate of drug-likeness (QED) is 0.463. The van der Waals surface area contributed by atoms with Crippen molar-refractivity contribution >= 4 is 6.29 Å². The van der Waals surface area contributed by atoms with E-state index in [-0.39, 0.29) is 0 Å². The standard InChI is InChI=1S/C6H8N2O3/c7-8-4-5(2-1-3-9)11-6(8)10/h3-4H,1-2,7H2. The van der Waals surface area contributed by atoms with Crippen LogP contribution in [0.2, 0.25) is 0 Å². The summed E-state index contributed by atoms with van der Waals surface area (Å²) in [6.07, 6.45) is 2.88. The summed E-state index contributed by atoms with van der Waals surface area (Å²) in [6, 6.07) is 0. The van der Waals surface area contributed by atoms with Gasteiger partial charge in [0.05, 0.1) is 6.20 Å². The van der Waals surface area contributed by atoms with Gasteiger partial charge in [0.1, 0.15) is 12.0 Å². The molecule has 60 valence electrons. The lowest BCUT2D eigenvalue weighted by atomic mass is 10.3. The van der Waals surface area contributed by atoms with Crippen LogP contribution in [0.5, 0.6) is 0 Å². The molecule has 0 saturated carbocycles. The summed E-state index contributed by atoms with van der Waals surface area (Å²) < 4.78 is 5.49. The van der Waals surface area contributed by atoms with Crippen LogP contribution in [0.4, 0.5) is 0 Å². The van der Waals surface area contributed by atoms with Crippen LogP contribution < -0.4 is 11.6 Å². The fraction of sp³-hybridized carbons (Fsp3) is 0.333. The maximum absolute atomic E-state index is 10.6. The summed E-state index contributed by atoms with van der Waals surface area (Å²) in [6.45, 7) is 0. The first kappa shape index (κ1) is 7.59. The molecule has 0 bridgehead atoms. The predicted molar refractivity (Wildman–Crippen MR) is 37.5 cm³/mol. The van der Waals surface area contributed by atoms with Gasteiger partial charge in [0, 0.05) is 12.8 Å². The largest absolute Gasteiger partial charge is 0.437 e. The van der Waals surface area contributed by atoms with Crippen molar-refractivity contribution in [1.29, 1.82) is 0 Å². The van der Waals surface area contributed by atoms with Crippen LogP contribution in [0.3, 0.4) is 0 Å². The average Bonchev–Trinajstić information content (AvgIpc) is 2.28. The molecular formula is C6H8N2O3. The number of nitrogen functional groups attached to an aromatic ring is 1. The van der Waals surface area contributed by atoms with E-state index in [0.29, 0.717) is 18.6 Å². The second-order valence-corrected chi connectivity index (χ2v) is 2.08. The van der Waals surface area contributed by atoms with Crippen LogP contribution in [0, 0.1) is 0 Å². The van der Waals surface area contributed by atoms with E-state index in [9.17, 15) is 9.59 Å². The van der Waals surface area contributed by atoms with Gasteiger partial charge in [0.25, 0.3) is 0 Å². The van der Waals surface area contributed by atoms with Gasteiger partial charge >= 0.3 is 5.76 Å². The first-order valence-electron chi connectivity index (χ1n) is 3.14. The van der Waals surface area contributed by atoms with E-state index in [1.807, 2.05) is 0 Å². The Morgan fingerprint density at radius 2 is 2.45 bits per heavy atom. The van der Waals surface area contributed by atoms with Gasteiger partial charge in [-0.3, -0.25) is 0 Å². The van der Waals surface area contributed by atoms with Crippen LogP contribution in [0.15, 0.2) is 15.4 Å². The van der Waals surface area contributed by atoms with Gasteiger partial charge < -0.3 is 15.1 Å². The lowest BCUT2D eigenvalue weighted by molar-refractivity contribution is -0.107. The van der Waals surface area contributed by atoms with E-state index in [2.05, 4.69) is 4.42 Å². The second kappa shape index (κ2) is 3.05. The van der Waals surface area contributed by atoms with Crippen molar-refractivity contribution in [3.05, 3.63) is 22.5 Å². The van der Waals surface area contributed by atoms with E-state index in [0.717, 1.165) is 11.0 Å². The SMILES string of the molecule is Nn1cc(CCC=O)oc1=O. The topological polar surface area (TPSA) is 78.2 Å². The number of nitrogens with zero attached hydrogens (tertiary/aromatic N) is 1. The van der Waals surface area contributed by atoms with E-state index >= 15 is 0 Å². The number of aldehydes is 1. The molecule has 1 rings (SSSR count). The van der Waals surface area contributed by atoms with Crippen molar-refractivity contribution in [2.45, 2.75) is 12.8 Å². The number of oxazole rings is 1. The predicted octanol–water partition coefficient (Wildman–Crippen LogP) is -0.713. The van der Waals surface area contributed by atoms with Crippen molar-refractivity contribution in [3.63, 3.8) is 0 Å². The zero-order chi connectivity index (χ0) is 8.27. The van der Waals surface area contributed by atoms with Crippen molar-refractivity contribution in [1.82, 2.24) is 4.68 Å². The summed E-state index contributed by atoms with van der Waals surface area (Å²) in [5.74, 6) is 4.96. The summed E-state index contributed by atoms with van der Waals surface area (Å²) in [5, 5.41) is 0. The number of nitrogens with two attached hydrogens (primary N) is 1. The molecule has 0 radical (unpaired) electrons. The lowest BCUT2D eigenvalue weighted by Gasteiger charge is -1.84. The Hall–Kier alpha value is -1.52. The molecule has 1 aromatic rings. The molecule has 1 heterocycles. The number of hydrogen-bond acceptors (Lipinski definition) is 4. The molecular weight excluding hydrogens is 148 g/mol. The number of aromatic nitrogens is 1. The Kier molecular flexibility index (Phi) is 2.10. The van der Waals surface area contributed by atoms with Gasteiger partial charge in [-0.05, 0) is 0 Å². The first-order chi connectivity index (χ1) is 5.24. The molecule has 11 heavy (non-hydrogen) atoms. The molecule has 0 aliphatic heterocycles. The number of rotatable bonds is 3. The molecule has 0 aliphatic rings. The molecule has 0 aliphatic carbocycles. The summed E-state index contributed by atoms with van der Waals surface area (Å²) >= 11 is 0. The molecule has 0 amide bonds. The fourth-order valence-corrected chi connectivity index (χ4v) is 0.716.